The predicted molar refractivity (Wildman–Crippen MR) is 122 cm³/mol. The zero-order valence-corrected chi connectivity index (χ0v) is 19.1. The van der Waals surface area contributed by atoms with E-state index in [1.165, 1.54) is 18.7 Å². The summed E-state index contributed by atoms with van der Waals surface area (Å²) in [6.45, 7) is 2.04. The van der Waals surface area contributed by atoms with Crippen molar-refractivity contribution in [1.82, 2.24) is 10.6 Å². The Labute approximate surface area is 188 Å². The summed E-state index contributed by atoms with van der Waals surface area (Å²) in [4.78, 5) is 12.1. The van der Waals surface area contributed by atoms with E-state index in [2.05, 4.69) is 17.6 Å². The van der Waals surface area contributed by atoms with Gasteiger partial charge in [-0.15, -0.1) is 0 Å². The van der Waals surface area contributed by atoms with Crippen LogP contribution in [0.5, 0.6) is 5.75 Å². The van der Waals surface area contributed by atoms with Gasteiger partial charge in [0.25, 0.3) is 5.91 Å². The molecule has 7 nitrogen and oxygen atoms in total. The Hall–Kier alpha value is -2.49. The van der Waals surface area contributed by atoms with Gasteiger partial charge in [-0.3, -0.25) is 4.79 Å². The first-order valence-corrected chi connectivity index (χ1v) is 12.4. The molecule has 32 heavy (non-hydrogen) atoms. The molecule has 4 N–H and O–H groups in total. The van der Waals surface area contributed by atoms with Crippen LogP contribution in [0.2, 0.25) is 0 Å². The summed E-state index contributed by atoms with van der Waals surface area (Å²) in [5.74, 6) is -0.354. The van der Waals surface area contributed by atoms with Gasteiger partial charge in [-0.1, -0.05) is 18.2 Å². The number of ether oxygens (including phenoxy) is 1. The molecule has 3 rings (SSSR count). The lowest BCUT2D eigenvalue weighted by atomic mass is 9.96. The Bertz CT molecular complexity index is 1040. The highest BCUT2D eigenvalue weighted by Gasteiger charge is 2.27. The number of hydrogen-bond donors (Lipinski definition) is 3. The third-order valence-electron chi connectivity index (χ3n) is 5.91. The summed E-state index contributed by atoms with van der Waals surface area (Å²) in [6.07, 6.45) is 3.04. The molecule has 0 aliphatic heterocycles. The van der Waals surface area contributed by atoms with Gasteiger partial charge in [0.1, 0.15) is 0 Å². The molecule has 0 heterocycles. The van der Waals surface area contributed by atoms with Gasteiger partial charge in [0, 0.05) is 24.2 Å². The van der Waals surface area contributed by atoms with Crippen molar-refractivity contribution in [2.75, 3.05) is 19.4 Å². The van der Waals surface area contributed by atoms with Crippen molar-refractivity contribution in [1.29, 1.82) is 0 Å². The highest BCUT2D eigenvalue weighted by atomic mass is 32.2. The molecule has 2 aromatic carbocycles. The van der Waals surface area contributed by atoms with Crippen LogP contribution in [0, 0.1) is 5.82 Å². The maximum Gasteiger partial charge on any atom is 0.251 e. The second kappa shape index (κ2) is 10.4. The first kappa shape index (κ1) is 24.2. The molecule has 1 fully saturated rings. The van der Waals surface area contributed by atoms with Gasteiger partial charge in [0.2, 0.25) is 10.0 Å². The fourth-order valence-electron chi connectivity index (χ4n) is 4.15. The Kier molecular flexibility index (Phi) is 7.86. The van der Waals surface area contributed by atoms with Gasteiger partial charge in [-0.25, -0.2) is 17.9 Å². The van der Waals surface area contributed by atoms with E-state index in [0.717, 1.165) is 24.8 Å². The van der Waals surface area contributed by atoms with Gasteiger partial charge >= 0.3 is 0 Å². The number of methoxy groups -OCH3 is 1. The zero-order valence-electron chi connectivity index (χ0n) is 18.3. The van der Waals surface area contributed by atoms with Crippen LogP contribution in [0.3, 0.4) is 0 Å². The summed E-state index contributed by atoms with van der Waals surface area (Å²) in [5, 5.41) is 11.1. The number of hydrogen-bond acceptors (Lipinski definition) is 5. The van der Waals surface area contributed by atoms with Gasteiger partial charge in [-0.05, 0) is 67.5 Å². The van der Waals surface area contributed by atoms with Gasteiger partial charge in [-0.2, -0.15) is 0 Å². The number of amides is 1. The summed E-state index contributed by atoms with van der Waals surface area (Å²) in [7, 11) is -2.14. The normalized spacial score (nSPS) is 19.5. The molecular formula is C23H30FN3O4S. The van der Waals surface area contributed by atoms with Crippen LogP contribution in [0.15, 0.2) is 42.5 Å². The third-order valence-corrected chi connectivity index (χ3v) is 6.68. The molecule has 0 spiro atoms. The number of nitrogens with one attached hydrogen (secondary N) is 2. The molecule has 2 aromatic rings. The number of rotatable bonds is 9. The second-order valence-corrected chi connectivity index (χ2v) is 9.97. The lowest BCUT2D eigenvalue weighted by molar-refractivity contribution is 0.0956. The number of benzene rings is 2. The Morgan fingerprint density at radius 3 is 2.59 bits per heavy atom. The van der Waals surface area contributed by atoms with Crippen LogP contribution < -0.4 is 20.5 Å². The molecular weight excluding hydrogens is 433 g/mol. The van der Waals surface area contributed by atoms with E-state index in [0.29, 0.717) is 17.5 Å². The molecule has 9 heteroatoms. The van der Waals surface area contributed by atoms with Crippen LogP contribution in [-0.4, -0.2) is 39.8 Å². The highest BCUT2D eigenvalue weighted by Crippen LogP contribution is 2.35. The molecule has 1 aliphatic carbocycles. The Morgan fingerprint density at radius 2 is 1.94 bits per heavy atom. The van der Waals surface area contributed by atoms with Crippen molar-refractivity contribution in [2.24, 2.45) is 5.14 Å². The van der Waals surface area contributed by atoms with Gasteiger partial charge < -0.3 is 15.4 Å². The predicted octanol–water partition coefficient (Wildman–Crippen LogP) is 2.84. The summed E-state index contributed by atoms with van der Waals surface area (Å²) < 4.78 is 40.7. The van der Waals surface area contributed by atoms with Crippen LogP contribution in [-0.2, 0) is 10.0 Å². The molecule has 3 atom stereocenters. The molecule has 0 radical (unpaired) electrons. The van der Waals surface area contributed by atoms with Crippen LogP contribution in [0.4, 0.5) is 4.39 Å². The quantitative estimate of drug-likeness (QED) is 0.530. The van der Waals surface area contributed by atoms with Crippen molar-refractivity contribution >= 4 is 15.9 Å². The smallest absolute Gasteiger partial charge is 0.251 e. The molecule has 1 aliphatic rings. The minimum absolute atomic E-state index is 0.0203. The van der Waals surface area contributed by atoms with E-state index in [4.69, 9.17) is 9.88 Å². The minimum atomic E-state index is -3.60. The van der Waals surface area contributed by atoms with Crippen molar-refractivity contribution in [3.8, 4) is 5.75 Å². The van der Waals surface area contributed by atoms with E-state index in [1.807, 2.05) is 12.1 Å². The standard InChI is InChI=1S/C23H30FN3O4S/c1-15(18-8-10-21(24)22(14-18)31-2)27-20-9-7-19(13-20)16-3-5-17(6-4-16)23(28)26-11-12-32(25,29)30/h3-6,8,10,14-15,19-20,27H,7,9,11-13H2,1-2H3,(H,26,28)(H2,25,29,30)/t15-,19-,20?/m0/s1. The van der Waals surface area contributed by atoms with E-state index in [-0.39, 0.29) is 35.8 Å². The number of carbonyl (C=O) groups is 1. The maximum absolute atomic E-state index is 13.7. The maximum atomic E-state index is 13.7. The average molecular weight is 464 g/mol. The van der Waals surface area contributed by atoms with Crippen molar-refractivity contribution < 1.29 is 22.3 Å². The largest absolute Gasteiger partial charge is 0.494 e. The van der Waals surface area contributed by atoms with E-state index < -0.39 is 10.0 Å². The zero-order chi connectivity index (χ0) is 23.3. The lowest BCUT2D eigenvalue weighted by Gasteiger charge is -2.21. The first-order chi connectivity index (χ1) is 15.2. The van der Waals surface area contributed by atoms with Crippen molar-refractivity contribution in [2.45, 2.75) is 44.2 Å². The first-order valence-electron chi connectivity index (χ1n) is 10.6. The molecule has 1 amide bonds. The van der Waals surface area contributed by atoms with Gasteiger partial charge in [0.15, 0.2) is 11.6 Å². The van der Waals surface area contributed by atoms with Crippen molar-refractivity contribution in [3.05, 3.63) is 65.0 Å². The Balaban J connectivity index is 1.53. The van der Waals surface area contributed by atoms with Crippen LogP contribution in [0.25, 0.3) is 0 Å². The summed E-state index contributed by atoms with van der Waals surface area (Å²) >= 11 is 0. The fraction of sp³-hybridized carbons (Fsp3) is 0.435. The van der Waals surface area contributed by atoms with E-state index >= 15 is 0 Å². The second-order valence-electron chi connectivity index (χ2n) is 8.23. The molecule has 1 unspecified atom stereocenters. The molecule has 174 valence electrons. The van der Waals surface area contributed by atoms with Gasteiger partial charge in [0.05, 0.1) is 12.9 Å². The summed E-state index contributed by atoms with van der Waals surface area (Å²) in [6, 6.07) is 12.8. The number of sulfonamides is 1. The number of primary sulfonamides is 1. The summed E-state index contributed by atoms with van der Waals surface area (Å²) in [5.41, 5.74) is 2.63. The third kappa shape index (κ3) is 6.51. The molecule has 0 aromatic heterocycles. The molecule has 1 saturated carbocycles. The van der Waals surface area contributed by atoms with Crippen LogP contribution >= 0.6 is 0 Å². The van der Waals surface area contributed by atoms with Crippen LogP contribution in [0.1, 0.15) is 59.6 Å². The lowest BCUT2D eigenvalue weighted by Crippen LogP contribution is -2.31. The monoisotopic (exact) mass is 463 g/mol. The average Bonchev–Trinajstić information content (AvgIpc) is 3.21. The minimum Gasteiger partial charge on any atom is -0.494 e. The number of halogens is 1. The number of nitrogens with two attached hydrogens (primary N) is 1. The highest BCUT2D eigenvalue weighted by molar-refractivity contribution is 7.89. The van der Waals surface area contributed by atoms with E-state index in [1.54, 1.807) is 24.3 Å². The van der Waals surface area contributed by atoms with E-state index in [9.17, 15) is 17.6 Å². The molecule has 0 bridgehead atoms. The topological polar surface area (TPSA) is 111 Å². The number of carbonyl (C=O) groups excluding carboxylic acids is 1. The van der Waals surface area contributed by atoms with Crippen molar-refractivity contribution in [3.63, 3.8) is 0 Å². The fourth-order valence-corrected chi connectivity index (χ4v) is 4.53. The SMILES string of the molecule is COc1cc([C@H](C)NC2CC[C@H](c3ccc(C(=O)NCCS(N)(=O)=O)cc3)C2)ccc1F. The molecule has 0 saturated heterocycles. The Morgan fingerprint density at radius 1 is 1.22 bits per heavy atom.